The van der Waals surface area contributed by atoms with Crippen molar-refractivity contribution < 1.29 is 13.2 Å². The zero-order valence-electron chi connectivity index (χ0n) is 18.3. The molecule has 0 bridgehead atoms. The number of rotatable bonds is 9. The fraction of sp³-hybridized carbons (Fsp3) is 0.522. The van der Waals surface area contributed by atoms with Gasteiger partial charge in [-0.25, -0.2) is 4.99 Å². The third-order valence-electron chi connectivity index (χ3n) is 5.64. The van der Waals surface area contributed by atoms with Gasteiger partial charge in [-0.3, -0.25) is 4.90 Å². The van der Waals surface area contributed by atoms with E-state index in [-0.39, 0.29) is 0 Å². The zero-order chi connectivity index (χ0) is 22.1. The minimum Gasteiger partial charge on any atom is -0.354 e. The molecule has 0 atom stereocenters. The lowest BCUT2D eigenvalue weighted by Gasteiger charge is -2.36. The van der Waals surface area contributed by atoms with Crippen LogP contribution in [0.15, 0.2) is 47.2 Å². The van der Waals surface area contributed by atoms with E-state index in [1.807, 2.05) is 19.1 Å². The van der Waals surface area contributed by atoms with E-state index in [0.29, 0.717) is 0 Å². The number of allylic oxidation sites excluding steroid dienone is 3. The van der Waals surface area contributed by atoms with Gasteiger partial charge >= 0.3 is 6.18 Å². The molecule has 1 aromatic carbocycles. The Kier molecular flexibility index (Phi) is 9.11. The third kappa shape index (κ3) is 6.99. The lowest BCUT2D eigenvalue weighted by atomic mass is 10.0. The monoisotopic (exact) mass is 422 g/mol. The lowest BCUT2D eigenvalue weighted by Crippen LogP contribution is -2.47. The van der Waals surface area contributed by atoms with Gasteiger partial charge in [0.25, 0.3) is 0 Å². The van der Waals surface area contributed by atoms with Gasteiger partial charge in [0.2, 0.25) is 0 Å². The van der Waals surface area contributed by atoms with Gasteiger partial charge in [-0.05, 0) is 56.1 Å². The number of halogens is 3. The first-order valence-corrected chi connectivity index (χ1v) is 10.5. The first-order chi connectivity index (χ1) is 14.3. The standard InChI is InChI=1S/C23H33F3N4/c1-5-28(6-2)13-14-29-15-17-30(18-16-29)22(27-4)12-7-19(3)20-8-10-21(11-9-20)23(24,25)26/h7-12H,4-6,13-18H2,1-3H3/b19-7+,22-12+. The Morgan fingerprint density at radius 1 is 1.07 bits per heavy atom. The number of hydrogen-bond donors (Lipinski definition) is 0. The normalized spacial score (nSPS) is 17.0. The van der Waals surface area contributed by atoms with E-state index in [4.69, 9.17) is 0 Å². The van der Waals surface area contributed by atoms with Crippen molar-refractivity contribution in [2.45, 2.75) is 26.9 Å². The molecule has 4 nitrogen and oxygen atoms in total. The molecule has 0 N–H and O–H groups in total. The number of benzene rings is 1. The predicted molar refractivity (Wildman–Crippen MR) is 119 cm³/mol. The molecular weight excluding hydrogens is 389 g/mol. The van der Waals surface area contributed by atoms with Crippen molar-refractivity contribution in [3.63, 3.8) is 0 Å². The molecule has 1 aliphatic heterocycles. The highest BCUT2D eigenvalue weighted by Crippen LogP contribution is 2.30. The van der Waals surface area contributed by atoms with Crippen molar-refractivity contribution >= 4 is 12.3 Å². The Hall–Kier alpha value is -2.12. The molecule has 2 rings (SSSR count). The smallest absolute Gasteiger partial charge is 0.354 e. The van der Waals surface area contributed by atoms with Gasteiger partial charge in [-0.15, -0.1) is 0 Å². The van der Waals surface area contributed by atoms with Crippen molar-refractivity contribution in [3.05, 3.63) is 53.4 Å². The van der Waals surface area contributed by atoms with Crippen LogP contribution in [0.1, 0.15) is 31.9 Å². The maximum absolute atomic E-state index is 12.7. The van der Waals surface area contributed by atoms with Crippen LogP contribution in [0.2, 0.25) is 0 Å². The number of likely N-dealkylation sites (N-methyl/N-ethyl adjacent to an activating group) is 1. The highest BCUT2D eigenvalue weighted by atomic mass is 19.4. The average Bonchev–Trinajstić information content (AvgIpc) is 2.75. The van der Waals surface area contributed by atoms with E-state index in [9.17, 15) is 13.2 Å². The summed E-state index contributed by atoms with van der Waals surface area (Å²) in [6, 6.07) is 5.22. The summed E-state index contributed by atoms with van der Waals surface area (Å²) in [6.07, 6.45) is -0.533. The van der Waals surface area contributed by atoms with Crippen LogP contribution < -0.4 is 0 Å². The quantitative estimate of drug-likeness (QED) is 0.429. The summed E-state index contributed by atoms with van der Waals surface area (Å²) < 4.78 is 38.2. The van der Waals surface area contributed by atoms with Crippen molar-refractivity contribution in [1.82, 2.24) is 14.7 Å². The first kappa shape index (κ1) is 24.2. The zero-order valence-corrected chi connectivity index (χ0v) is 18.3. The Balaban J connectivity index is 1.95. The second-order valence-electron chi connectivity index (χ2n) is 7.46. The van der Waals surface area contributed by atoms with Crippen molar-refractivity contribution in [3.8, 4) is 0 Å². The van der Waals surface area contributed by atoms with E-state index in [0.717, 1.165) is 81.4 Å². The lowest BCUT2D eigenvalue weighted by molar-refractivity contribution is -0.137. The summed E-state index contributed by atoms with van der Waals surface area (Å²) >= 11 is 0. The number of nitrogens with zero attached hydrogens (tertiary/aromatic N) is 4. The Morgan fingerprint density at radius 3 is 2.17 bits per heavy atom. The second-order valence-corrected chi connectivity index (χ2v) is 7.46. The second kappa shape index (κ2) is 11.3. The molecule has 1 heterocycles. The van der Waals surface area contributed by atoms with E-state index in [1.54, 1.807) is 0 Å². The van der Waals surface area contributed by atoms with E-state index >= 15 is 0 Å². The van der Waals surface area contributed by atoms with Gasteiger partial charge in [0.1, 0.15) is 5.82 Å². The highest BCUT2D eigenvalue weighted by Gasteiger charge is 2.29. The molecule has 166 valence electrons. The van der Waals surface area contributed by atoms with Gasteiger partial charge in [0, 0.05) is 39.3 Å². The van der Waals surface area contributed by atoms with Crippen LogP contribution in [-0.4, -0.2) is 73.8 Å². The molecule has 1 aromatic rings. The SMILES string of the molecule is C=N/C(=C\C=C(/C)c1ccc(C(F)(F)F)cc1)N1CCN(CCN(CC)CC)CC1. The molecule has 0 amide bonds. The molecule has 0 aromatic heterocycles. The average molecular weight is 423 g/mol. The van der Waals surface area contributed by atoms with Crippen LogP contribution in [0, 0.1) is 0 Å². The number of hydrogen-bond acceptors (Lipinski definition) is 4. The first-order valence-electron chi connectivity index (χ1n) is 10.5. The maximum Gasteiger partial charge on any atom is 0.416 e. The van der Waals surface area contributed by atoms with Gasteiger partial charge in [0.05, 0.1) is 5.56 Å². The molecule has 7 heteroatoms. The molecule has 0 unspecified atom stereocenters. The molecular formula is C23H33F3N4. The van der Waals surface area contributed by atoms with Crippen LogP contribution in [0.25, 0.3) is 5.57 Å². The fourth-order valence-electron chi connectivity index (χ4n) is 3.50. The Morgan fingerprint density at radius 2 is 1.67 bits per heavy atom. The molecule has 1 fully saturated rings. The number of piperazine rings is 1. The topological polar surface area (TPSA) is 22.1 Å². The van der Waals surface area contributed by atoms with Crippen molar-refractivity contribution in [2.75, 3.05) is 52.4 Å². The molecule has 1 aliphatic rings. The summed E-state index contributed by atoms with van der Waals surface area (Å²) in [7, 11) is 0. The highest BCUT2D eigenvalue weighted by molar-refractivity contribution is 5.65. The van der Waals surface area contributed by atoms with Gasteiger partial charge in [-0.2, -0.15) is 13.2 Å². The van der Waals surface area contributed by atoms with Crippen LogP contribution in [0.5, 0.6) is 0 Å². The molecule has 1 saturated heterocycles. The summed E-state index contributed by atoms with van der Waals surface area (Å²) in [5.74, 6) is 0.796. The van der Waals surface area contributed by atoms with E-state index < -0.39 is 11.7 Å². The third-order valence-corrected chi connectivity index (χ3v) is 5.64. The predicted octanol–water partition coefficient (Wildman–Crippen LogP) is 4.61. The van der Waals surface area contributed by atoms with E-state index in [1.165, 1.54) is 12.1 Å². The van der Waals surface area contributed by atoms with Crippen LogP contribution in [-0.2, 0) is 6.18 Å². The minimum absolute atomic E-state index is 0.637. The Labute approximate surface area is 178 Å². The summed E-state index contributed by atoms with van der Waals surface area (Å²) in [5.41, 5.74) is 0.994. The van der Waals surface area contributed by atoms with Crippen LogP contribution >= 0.6 is 0 Å². The molecule has 0 radical (unpaired) electrons. The van der Waals surface area contributed by atoms with Crippen molar-refractivity contribution in [1.29, 1.82) is 0 Å². The minimum atomic E-state index is -4.32. The van der Waals surface area contributed by atoms with Gasteiger partial charge in [-0.1, -0.05) is 32.1 Å². The summed E-state index contributed by atoms with van der Waals surface area (Å²) in [4.78, 5) is 11.3. The van der Waals surface area contributed by atoms with Crippen LogP contribution in [0.4, 0.5) is 13.2 Å². The summed E-state index contributed by atoms with van der Waals surface area (Å²) in [6.45, 7) is 18.0. The molecule has 0 saturated carbocycles. The van der Waals surface area contributed by atoms with E-state index in [2.05, 4.69) is 40.3 Å². The molecule has 0 spiro atoms. The maximum atomic E-state index is 12.7. The van der Waals surface area contributed by atoms with Gasteiger partial charge in [0.15, 0.2) is 0 Å². The molecule has 30 heavy (non-hydrogen) atoms. The Bertz CT molecular complexity index is 726. The van der Waals surface area contributed by atoms with Gasteiger partial charge < -0.3 is 9.80 Å². The number of aliphatic imine (C=N–C) groups is 1. The molecule has 0 aliphatic carbocycles. The van der Waals surface area contributed by atoms with Crippen molar-refractivity contribution in [2.24, 2.45) is 4.99 Å². The summed E-state index contributed by atoms with van der Waals surface area (Å²) in [5, 5.41) is 0. The number of alkyl halides is 3. The largest absolute Gasteiger partial charge is 0.416 e. The fourth-order valence-corrected chi connectivity index (χ4v) is 3.50. The van der Waals surface area contributed by atoms with Crippen LogP contribution in [0.3, 0.4) is 0 Å².